The molecule has 0 aromatic heterocycles. The molecular weight excluding hydrogens is 294 g/mol. The molecule has 0 atom stereocenters. The van der Waals surface area contributed by atoms with E-state index >= 15 is 0 Å². The fourth-order valence-corrected chi connectivity index (χ4v) is 2.28. The zero-order valence-electron chi connectivity index (χ0n) is 11.5. The van der Waals surface area contributed by atoms with E-state index in [1.54, 1.807) is 12.1 Å². The van der Waals surface area contributed by atoms with E-state index in [-0.39, 0.29) is 37.4 Å². The van der Waals surface area contributed by atoms with Crippen molar-refractivity contribution in [3.8, 4) is 5.75 Å². The predicted octanol–water partition coefficient (Wildman–Crippen LogP) is 0.169. The zero-order valence-corrected chi connectivity index (χ0v) is 12.3. The number of anilines is 1. The first-order valence-corrected chi connectivity index (χ1v) is 6.73. The van der Waals surface area contributed by atoms with Crippen LogP contribution in [0.25, 0.3) is 0 Å². The zero-order chi connectivity index (χ0) is 13.9. The number of rotatable bonds is 4. The summed E-state index contributed by atoms with van der Waals surface area (Å²) in [5.74, 6) is 0.820. The second-order valence-corrected chi connectivity index (χ2v) is 5.06. The predicted molar refractivity (Wildman–Crippen MR) is 80.9 cm³/mol. The number of para-hydroxylation sites is 2. The van der Waals surface area contributed by atoms with Crippen LogP contribution < -0.4 is 20.3 Å². The molecule has 7 heteroatoms. The van der Waals surface area contributed by atoms with Crippen molar-refractivity contribution in [3.63, 3.8) is 0 Å². The Balaban J connectivity index is 0.00000161. The molecule has 2 aliphatic rings. The molecule has 2 heterocycles. The lowest BCUT2D eigenvalue weighted by Gasteiger charge is -2.30. The highest BCUT2D eigenvalue weighted by molar-refractivity contribution is 6.02. The summed E-state index contributed by atoms with van der Waals surface area (Å²) in [4.78, 5) is 25.3. The summed E-state index contributed by atoms with van der Waals surface area (Å²) in [5, 5.41) is 6.02. The van der Waals surface area contributed by atoms with Crippen molar-refractivity contribution in [2.24, 2.45) is 5.92 Å². The maximum atomic E-state index is 11.9. The number of nitrogens with one attached hydrogen (secondary N) is 2. The van der Waals surface area contributed by atoms with E-state index in [0.717, 1.165) is 13.1 Å². The van der Waals surface area contributed by atoms with Crippen LogP contribution in [0.5, 0.6) is 5.75 Å². The van der Waals surface area contributed by atoms with E-state index in [1.807, 2.05) is 12.1 Å². The first-order valence-electron chi connectivity index (χ1n) is 6.73. The summed E-state index contributed by atoms with van der Waals surface area (Å²) in [6.45, 7) is 2.57. The average molecular weight is 312 g/mol. The Kier molecular flexibility index (Phi) is 5.03. The van der Waals surface area contributed by atoms with Gasteiger partial charge < -0.3 is 15.4 Å². The summed E-state index contributed by atoms with van der Waals surface area (Å²) in [6.07, 6.45) is 0. The van der Waals surface area contributed by atoms with Gasteiger partial charge in [0, 0.05) is 25.6 Å². The van der Waals surface area contributed by atoms with Crippen molar-refractivity contribution in [1.82, 2.24) is 10.6 Å². The molecule has 1 aromatic rings. The number of halogens is 1. The standard InChI is InChI=1S/C14H17N3O3.ClH/c18-13(16-7-10-5-15-6-10)8-17-11-3-1-2-4-12(11)20-9-14(17)19;/h1-4,10,15H,5-9H2,(H,16,18);1H. The molecule has 3 rings (SSSR count). The molecule has 2 amide bonds. The number of amides is 2. The Morgan fingerprint density at radius 1 is 1.38 bits per heavy atom. The Morgan fingerprint density at radius 3 is 2.86 bits per heavy atom. The van der Waals surface area contributed by atoms with Crippen LogP contribution >= 0.6 is 12.4 Å². The normalized spacial score (nSPS) is 17.1. The van der Waals surface area contributed by atoms with Gasteiger partial charge in [-0.1, -0.05) is 12.1 Å². The number of benzene rings is 1. The largest absolute Gasteiger partial charge is 0.482 e. The minimum Gasteiger partial charge on any atom is -0.482 e. The lowest BCUT2D eigenvalue weighted by atomic mass is 10.0. The van der Waals surface area contributed by atoms with Gasteiger partial charge in [0.05, 0.1) is 5.69 Å². The van der Waals surface area contributed by atoms with Gasteiger partial charge in [0.1, 0.15) is 12.3 Å². The van der Waals surface area contributed by atoms with Crippen molar-refractivity contribution < 1.29 is 14.3 Å². The number of carbonyl (C=O) groups is 2. The highest BCUT2D eigenvalue weighted by Crippen LogP contribution is 2.31. The van der Waals surface area contributed by atoms with E-state index in [4.69, 9.17) is 4.74 Å². The van der Waals surface area contributed by atoms with Gasteiger partial charge in [0.15, 0.2) is 6.61 Å². The quantitative estimate of drug-likeness (QED) is 0.831. The maximum absolute atomic E-state index is 11.9. The van der Waals surface area contributed by atoms with Crippen LogP contribution in [0.15, 0.2) is 24.3 Å². The van der Waals surface area contributed by atoms with Crippen molar-refractivity contribution in [1.29, 1.82) is 0 Å². The third-order valence-corrected chi connectivity index (χ3v) is 3.56. The first kappa shape index (κ1) is 15.6. The number of hydrogen-bond donors (Lipinski definition) is 2. The Hall–Kier alpha value is -1.79. The topological polar surface area (TPSA) is 70.7 Å². The van der Waals surface area contributed by atoms with E-state index in [9.17, 15) is 9.59 Å². The van der Waals surface area contributed by atoms with Crippen LogP contribution in [0.1, 0.15) is 0 Å². The number of ether oxygens (including phenoxy) is 1. The SMILES string of the molecule is Cl.O=C(CN1C(=O)COc2ccccc21)NCC1CNC1. The summed E-state index contributed by atoms with van der Waals surface area (Å²) >= 11 is 0. The molecule has 0 unspecified atom stereocenters. The summed E-state index contributed by atoms with van der Waals surface area (Å²) < 4.78 is 5.34. The lowest BCUT2D eigenvalue weighted by Crippen LogP contribution is -2.50. The van der Waals surface area contributed by atoms with Gasteiger partial charge in [-0.3, -0.25) is 14.5 Å². The van der Waals surface area contributed by atoms with Crippen LogP contribution in [0, 0.1) is 5.92 Å². The number of nitrogens with zero attached hydrogens (tertiary/aromatic N) is 1. The molecule has 0 aliphatic carbocycles. The Labute approximate surface area is 129 Å². The van der Waals surface area contributed by atoms with Crippen LogP contribution in [-0.4, -0.2) is 44.6 Å². The van der Waals surface area contributed by atoms with Crippen molar-refractivity contribution >= 4 is 29.9 Å². The van der Waals surface area contributed by atoms with Crippen LogP contribution in [0.2, 0.25) is 0 Å². The smallest absolute Gasteiger partial charge is 0.265 e. The second kappa shape index (κ2) is 6.78. The molecular formula is C14H18ClN3O3. The first-order chi connectivity index (χ1) is 9.74. The van der Waals surface area contributed by atoms with Gasteiger partial charge in [0.25, 0.3) is 5.91 Å². The highest BCUT2D eigenvalue weighted by Gasteiger charge is 2.27. The molecule has 114 valence electrons. The van der Waals surface area contributed by atoms with E-state index in [0.29, 0.717) is 23.9 Å². The molecule has 21 heavy (non-hydrogen) atoms. The highest BCUT2D eigenvalue weighted by atomic mass is 35.5. The Morgan fingerprint density at radius 2 is 2.14 bits per heavy atom. The molecule has 0 radical (unpaired) electrons. The number of fused-ring (bicyclic) bond motifs is 1. The van der Waals surface area contributed by atoms with Gasteiger partial charge in [-0.15, -0.1) is 12.4 Å². The number of hydrogen-bond acceptors (Lipinski definition) is 4. The maximum Gasteiger partial charge on any atom is 0.265 e. The van der Waals surface area contributed by atoms with Gasteiger partial charge in [-0.2, -0.15) is 0 Å². The number of carbonyl (C=O) groups excluding carboxylic acids is 2. The van der Waals surface area contributed by atoms with Gasteiger partial charge in [-0.25, -0.2) is 0 Å². The molecule has 0 bridgehead atoms. The molecule has 0 saturated carbocycles. The van der Waals surface area contributed by atoms with E-state index in [1.165, 1.54) is 4.90 Å². The fraction of sp³-hybridized carbons (Fsp3) is 0.429. The Bertz CT molecular complexity index is 534. The minimum absolute atomic E-state index is 0. The molecule has 1 aromatic carbocycles. The van der Waals surface area contributed by atoms with Crippen LogP contribution in [0.3, 0.4) is 0 Å². The molecule has 0 spiro atoms. The van der Waals surface area contributed by atoms with Crippen LogP contribution in [-0.2, 0) is 9.59 Å². The third-order valence-electron chi connectivity index (χ3n) is 3.56. The third kappa shape index (κ3) is 3.46. The van der Waals surface area contributed by atoms with Crippen molar-refractivity contribution in [2.75, 3.05) is 37.7 Å². The summed E-state index contributed by atoms with van der Waals surface area (Å²) in [7, 11) is 0. The molecule has 2 aliphatic heterocycles. The second-order valence-electron chi connectivity index (χ2n) is 5.06. The molecule has 1 saturated heterocycles. The van der Waals surface area contributed by atoms with Crippen molar-refractivity contribution in [2.45, 2.75) is 0 Å². The van der Waals surface area contributed by atoms with Gasteiger partial charge in [-0.05, 0) is 12.1 Å². The molecule has 1 fully saturated rings. The summed E-state index contributed by atoms with van der Waals surface area (Å²) in [6, 6.07) is 7.25. The fourth-order valence-electron chi connectivity index (χ4n) is 2.28. The molecule has 6 nitrogen and oxygen atoms in total. The van der Waals surface area contributed by atoms with E-state index < -0.39 is 0 Å². The average Bonchev–Trinajstić information content (AvgIpc) is 2.40. The lowest BCUT2D eigenvalue weighted by molar-refractivity contribution is -0.125. The molecule has 2 N–H and O–H groups in total. The van der Waals surface area contributed by atoms with Crippen LogP contribution in [0.4, 0.5) is 5.69 Å². The van der Waals surface area contributed by atoms with Crippen molar-refractivity contribution in [3.05, 3.63) is 24.3 Å². The summed E-state index contributed by atoms with van der Waals surface area (Å²) in [5.41, 5.74) is 0.657. The van der Waals surface area contributed by atoms with Gasteiger partial charge >= 0.3 is 0 Å². The monoisotopic (exact) mass is 311 g/mol. The van der Waals surface area contributed by atoms with Gasteiger partial charge in [0.2, 0.25) is 5.91 Å². The van der Waals surface area contributed by atoms with E-state index in [2.05, 4.69) is 10.6 Å². The minimum atomic E-state index is -0.191.